The minimum absolute atomic E-state index is 0.223. The van der Waals surface area contributed by atoms with Crippen LogP contribution in [0.3, 0.4) is 0 Å². The average molecular weight is 285 g/mol. The van der Waals surface area contributed by atoms with Gasteiger partial charge in [-0.05, 0) is 45.0 Å². The summed E-state index contributed by atoms with van der Waals surface area (Å²) in [5, 5.41) is 0. The molecule has 1 aromatic carbocycles. The van der Waals surface area contributed by atoms with E-state index in [-0.39, 0.29) is 5.54 Å². The predicted molar refractivity (Wildman–Crippen MR) is 74.4 cm³/mol. The van der Waals surface area contributed by atoms with Gasteiger partial charge in [0, 0.05) is 22.2 Å². The summed E-state index contributed by atoms with van der Waals surface area (Å²) in [4.78, 5) is 2.36. The fraction of sp³-hybridized carbons (Fsp3) is 0.538. The molecule has 0 aliphatic heterocycles. The third-order valence-electron chi connectivity index (χ3n) is 3.38. The molecule has 0 saturated carbocycles. The molecule has 0 aliphatic carbocycles. The van der Waals surface area contributed by atoms with Crippen molar-refractivity contribution in [3.63, 3.8) is 0 Å². The lowest BCUT2D eigenvalue weighted by Gasteiger charge is -2.35. The second-order valence-electron chi connectivity index (χ2n) is 4.87. The summed E-state index contributed by atoms with van der Waals surface area (Å²) in [5.41, 5.74) is 8.02. The van der Waals surface area contributed by atoms with Gasteiger partial charge in [-0.15, -0.1) is 0 Å². The Balaban J connectivity index is 2.81. The number of nitrogens with zero attached hydrogens (tertiary/aromatic N) is 1. The van der Waals surface area contributed by atoms with Crippen LogP contribution >= 0.6 is 15.9 Å². The highest BCUT2D eigenvalue weighted by atomic mass is 79.9. The van der Waals surface area contributed by atoms with Crippen molar-refractivity contribution in [1.29, 1.82) is 0 Å². The first-order valence-electron chi connectivity index (χ1n) is 5.62. The van der Waals surface area contributed by atoms with Gasteiger partial charge in [0.05, 0.1) is 0 Å². The van der Waals surface area contributed by atoms with Crippen molar-refractivity contribution in [3.8, 4) is 0 Å². The van der Waals surface area contributed by atoms with E-state index in [1.807, 2.05) is 12.1 Å². The number of nitrogen functional groups attached to an aromatic ring is 1. The second-order valence-corrected chi connectivity index (χ2v) is 5.73. The largest absolute Gasteiger partial charge is 0.399 e. The number of hydrogen-bond acceptors (Lipinski definition) is 2. The van der Waals surface area contributed by atoms with E-state index in [0.29, 0.717) is 0 Å². The molecular weight excluding hydrogens is 264 g/mol. The van der Waals surface area contributed by atoms with Crippen molar-refractivity contribution < 1.29 is 0 Å². The molecule has 0 aliphatic rings. The standard InChI is InChI=1S/C13H21BrN2/c1-5-13(2,3)16(4)9-10-6-7-11(15)8-12(10)14/h6-8H,5,9,15H2,1-4H3. The second kappa shape index (κ2) is 5.19. The molecule has 90 valence electrons. The van der Waals surface area contributed by atoms with Crippen LogP contribution in [0.15, 0.2) is 22.7 Å². The van der Waals surface area contributed by atoms with E-state index < -0.39 is 0 Å². The summed E-state index contributed by atoms with van der Waals surface area (Å²) >= 11 is 3.56. The molecule has 0 atom stereocenters. The fourth-order valence-electron chi connectivity index (χ4n) is 1.43. The van der Waals surface area contributed by atoms with E-state index >= 15 is 0 Å². The van der Waals surface area contributed by atoms with E-state index in [9.17, 15) is 0 Å². The predicted octanol–water partition coefficient (Wildman–Crippen LogP) is 3.65. The Morgan fingerprint density at radius 1 is 1.38 bits per heavy atom. The van der Waals surface area contributed by atoms with Crippen molar-refractivity contribution in [2.75, 3.05) is 12.8 Å². The van der Waals surface area contributed by atoms with Crippen molar-refractivity contribution in [2.45, 2.75) is 39.3 Å². The number of anilines is 1. The number of benzene rings is 1. The van der Waals surface area contributed by atoms with Gasteiger partial charge in [0.25, 0.3) is 0 Å². The van der Waals surface area contributed by atoms with Crippen LogP contribution in [0.5, 0.6) is 0 Å². The molecule has 1 rings (SSSR count). The van der Waals surface area contributed by atoms with Gasteiger partial charge in [0.2, 0.25) is 0 Å². The van der Waals surface area contributed by atoms with Gasteiger partial charge < -0.3 is 5.73 Å². The van der Waals surface area contributed by atoms with Crippen LogP contribution in [0.4, 0.5) is 5.69 Å². The molecule has 0 heterocycles. The summed E-state index contributed by atoms with van der Waals surface area (Å²) in [5.74, 6) is 0. The Morgan fingerprint density at radius 3 is 2.50 bits per heavy atom. The third-order valence-corrected chi connectivity index (χ3v) is 4.12. The molecule has 3 heteroatoms. The number of nitrogens with two attached hydrogens (primary N) is 1. The van der Waals surface area contributed by atoms with Crippen molar-refractivity contribution in [1.82, 2.24) is 4.90 Å². The van der Waals surface area contributed by atoms with Crippen LogP contribution in [0.1, 0.15) is 32.8 Å². The molecule has 0 aromatic heterocycles. The highest BCUT2D eigenvalue weighted by molar-refractivity contribution is 9.10. The zero-order chi connectivity index (χ0) is 12.3. The van der Waals surface area contributed by atoms with Crippen molar-refractivity contribution in [3.05, 3.63) is 28.2 Å². The van der Waals surface area contributed by atoms with E-state index in [0.717, 1.165) is 23.1 Å². The first-order chi connectivity index (χ1) is 7.36. The lowest BCUT2D eigenvalue weighted by molar-refractivity contribution is 0.143. The minimum atomic E-state index is 0.223. The molecule has 0 unspecified atom stereocenters. The highest BCUT2D eigenvalue weighted by Gasteiger charge is 2.21. The van der Waals surface area contributed by atoms with Crippen LogP contribution in [0.2, 0.25) is 0 Å². The topological polar surface area (TPSA) is 29.3 Å². The van der Waals surface area contributed by atoms with Gasteiger partial charge >= 0.3 is 0 Å². The first-order valence-corrected chi connectivity index (χ1v) is 6.41. The van der Waals surface area contributed by atoms with Gasteiger partial charge in [0.15, 0.2) is 0 Å². The van der Waals surface area contributed by atoms with Gasteiger partial charge in [-0.3, -0.25) is 4.90 Å². The zero-order valence-corrected chi connectivity index (χ0v) is 12.1. The SMILES string of the molecule is CCC(C)(C)N(C)Cc1ccc(N)cc1Br. The number of rotatable bonds is 4. The molecule has 0 amide bonds. The normalized spacial score (nSPS) is 12.1. The monoisotopic (exact) mass is 284 g/mol. The Morgan fingerprint density at radius 2 is 2.00 bits per heavy atom. The average Bonchev–Trinajstić information content (AvgIpc) is 2.22. The van der Waals surface area contributed by atoms with Gasteiger partial charge in [0.1, 0.15) is 0 Å². The molecule has 0 saturated heterocycles. The maximum absolute atomic E-state index is 5.73. The zero-order valence-electron chi connectivity index (χ0n) is 10.5. The molecular formula is C13H21BrN2. The molecule has 2 N–H and O–H groups in total. The summed E-state index contributed by atoms with van der Waals surface area (Å²) in [6.07, 6.45) is 1.14. The van der Waals surface area contributed by atoms with Gasteiger partial charge in [-0.1, -0.05) is 28.9 Å². The van der Waals surface area contributed by atoms with Crippen LogP contribution in [-0.2, 0) is 6.54 Å². The van der Waals surface area contributed by atoms with Gasteiger partial charge in [-0.2, -0.15) is 0 Å². The van der Waals surface area contributed by atoms with Crippen LogP contribution in [0.25, 0.3) is 0 Å². The van der Waals surface area contributed by atoms with Crippen LogP contribution in [-0.4, -0.2) is 17.5 Å². The lowest BCUT2D eigenvalue weighted by atomic mass is 9.99. The van der Waals surface area contributed by atoms with Crippen molar-refractivity contribution >= 4 is 21.6 Å². The highest BCUT2D eigenvalue weighted by Crippen LogP contribution is 2.24. The van der Waals surface area contributed by atoms with Crippen LogP contribution in [0, 0.1) is 0 Å². The molecule has 2 nitrogen and oxygen atoms in total. The summed E-state index contributed by atoms with van der Waals surface area (Å²) in [6.45, 7) is 7.67. The maximum Gasteiger partial charge on any atom is 0.0325 e. The molecule has 16 heavy (non-hydrogen) atoms. The smallest absolute Gasteiger partial charge is 0.0325 e. The summed E-state index contributed by atoms with van der Waals surface area (Å²) < 4.78 is 1.09. The van der Waals surface area contributed by atoms with E-state index in [1.165, 1.54) is 5.56 Å². The maximum atomic E-state index is 5.73. The van der Waals surface area contributed by atoms with Crippen LogP contribution < -0.4 is 5.73 Å². The Hall–Kier alpha value is -0.540. The van der Waals surface area contributed by atoms with E-state index in [2.05, 4.69) is 54.7 Å². The molecule has 1 aromatic rings. The Kier molecular flexibility index (Phi) is 4.39. The minimum Gasteiger partial charge on any atom is -0.399 e. The molecule has 0 radical (unpaired) electrons. The lowest BCUT2D eigenvalue weighted by Crippen LogP contribution is -2.39. The Labute approximate surface area is 107 Å². The number of halogens is 1. The Bertz CT molecular complexity index is 361. The quantitative estimate of drug-likeness (QED) is 0.856. The van der Waals surface area contributed by atoms with E-state index in [1.54, 1.807) is 0 Å². The first kappa shape index (κ1) is 13.5. The summed E-state index contributed by atoms with van der Waals surface area (Å²) in [6, 6.07) is 6.00. The molecule has 0 fully saturated rings. The van der Waals surface area contributed by atoms with E-state index in [4.69, 9.17) is 5.73 Å². The van der Waals surface area contributed by atoms with Gasteiger partial charge in [-0.25, -0.2) is 0 Å². The molecule has 0 bridgehead atoms. The fourth-order valence-corrected chi connectivity index (χ4v) is 1.95. The van der Waals surface area contributed by atoms with Crippen molar-refractivity contribution in [2.24, 2.45) is 0 Å². The molecule has 0 spiro atoms. The third kappa shape index (κ3) is 3.22. The number of hydrogen-bond donors (Lipinski definition) is 1. The summed E-state index contributed by atoms with van der Waals surface area (Å²) in [7, 11) is 2.16.